The lowest BCUT2D eigenvalue weighted by Crippen LogP contribution is -2.46. The lowest BCUT2D eigenvalue weighted by atomic mass is 10.4. The van der Waals surface area contributed by atoms with Crippen LogP contribution in [-0.4, -0.2) is 69.2 Å². The van der Waals surface area contributed by atoms with Crippen LogP contribution in [0, 0.1) is 0 Å². The summed E-state index contributed by atoms with van der Waals surface area (Å²) in [5.74, 6) is -3.09. The van der Waals surface area contributed by atoms with E-state index in [1.54, 1.807) is 0 Å². The molecule has 0 saturated carbocycles. The number of carboxylic acids is 2. The minimum absolute atomic E-state index is 0.384. The van der Waals surface area contributed by atoms with Crippen molar-refractivity contribution in [2.24, 2.45) is 0 Å². The minimum atomic E-state index is -2.46. The number of rotatable bonds is 22. The van der Waals surface area contributed by atoms with Crippen LogP contribution in [0.2, 0.25) is 12.1 Å². The summed E-state index contributed by atoms with van der Waals surface area (Å²) in [4.78, 5) is 18.8. The van der Waals surface area contributed by atoms with E-state index in [9.17, 15) is 19.8 Å². The highest BCUT2D eigenvalue weighted by Gasteiger charge is 2.41. The zero-order valence-electron chi connectivity index (χ0n) is 28.4. The number of aromatic nitrogens is 2. The lowest BCUT2D eigenvalue weighted by Gasteiger charge is -2.28. The summed E-state index contributed by atoms with van der Waals surface area (Å²) in [6.07, 6.45) is 11.1. The summed E-state index contributed by atoms with van der Waals surface area (Å²) in [7, 11) is -4.93. The molecular formula is C32H54N2O10Si2. The van der Waals surface area contributed by atoms with Gasteiger partial charge in [0.2, 0.25) is 0 Å². The summed E-state index contributed by atoms with van der Waals surface area (Å²) >= 11 is 0. The Morgan fingerprint density at radius 3 is 1.00 bits per heavy atom. The molecule has 0 unspecified atom stereocenters. The smallest absolute Gasteiger partial charge is 0.501 e. The predicted octanol–water partition coefficient (Wildman–Crippen LogP) is 1.87. The quantitative estimate of drug-likeness (QED) is 0.103. The normalized spacial score (nSPS) is 11.3. The molecule has 0 radical (unpaired) electrons. The van der Waals surface area contributed by atoms with E-state index >= 15 is 0 Å². The molecule has 0 aliphatic rings. The number of carbonyl (C=O) groups excluding carboxylic acids is 2. The maximum Gasteiger partial charge on any atom is 0.501 e. The van der Waals surface area contributed by atoms with Crippen molar-refractivity contribution in [2.75, 3.05) is 39.6 Å². The van der Waals surface area contributed by atoms with Crippen LogP contribution in [0.5, 0.6) is 0 Å². The molecule has 2 rings (SSSR count). The average Bonchev–Trinajstić information content (AvgIpc) is 3.03. The Hall–Kier alpha value is -2.83. The number of hydrogen-bond acceptors (Lipinski definition) is 10. The first kappa shape index (κ1) is 43.2. The molecule has 0 atom stereocenters. The van der Waals surface area contributed by atoms with Crippen LogP contribution in [0.1, 0.15) is 54.4 Å². The fraction of sp³-hybridized carbons (Fsp3) is 0.562. The third-order valence-electron chi connectivity index (χ3n) is 5.89. The summed E-state index contributed by atoms with van der Waals surface area (Å²) in [6, 6.07) is 13.9. The number of carboxylic acid groups (broad SMARTS) is 2. The highest BCUT2D eigenvalue weighted by Crippen LogP contribution is 2.19. The van der Waals surface area contributed by atoms with Crippen molar-refractivity contribution < 1.29 is 55.5 Å². The third-order valence-corrected chi connectivity index (χ3v) is 12.2. The minimum Gasteiger partial charge on any atom is -0.545 e. The number of aliphatic carboxylic acids is 2. The molecule has 12 nitrogen and oxygen atoms in total. The number of hydrogen-bond donors (Lipinski definition) is 0. The van der Waals surface area contributed by atoms with Gasteiger partial charge in [0.05, 0.1) is 11.9 Å². The highest BCUT2D eigenvalue weighted by atomic mass is 28.4. The van der Waals surface area contributed by atoms with Gasteiger partial charge in [-0.1, -0.05) is 12.1 Å². The lowest BCUT2D eigenvalue weighted by molar-refractivity contribution is -0.697. The average molecular weight is 683 g/mol. The fourth-order valence-electron chi connectivity index (χ4n) is 4.26. The van der Waals surface area contributed by atoms with Crippen molar-refractivity contribution in [1.82, 2.24) is 0 Å². The van der Waals surface area contributed by atoms with Gasteiger partial charge < -0.3 is 46.4 Å². The van der Waals surface area contributed by atoms with Crippen LogP contribution in [0.15, 0.2) is 73.3 Å². The van der Waals surface area contributed by atoms with Crippen molar-refractivity contribution >= 4 is 29.5 Å². The Bertz CT molecular complexity index is 948. The van der Waals surface area contributed by atoms with Gasteiger partial charge in [0.15, 0.2) is 24.8 Å². The van der Waals surface area contributed by atoms with Gasteiger partial charge in [-0.25, -0.2) is 9.13 Å². The second-order valence-electron chi connectivity index (χ2n) is 9.37. The molecule has 2 aromatic rings. The van der Waals surface area contributed by atoms with E-state index in [0.29, 0.717) is 51.8 Å². The van der Waals surface area contributed by atoms with E-state index in [0.717, 1.165) is 38.0 Å². The molecule has 2 aromatic heterocycles. The molecule has 0 saturated heterocycles. The Morgan fingerprint density at radius 2 is 0.783 bits per heavy atom. The summed E-state index contributed by atoms with van der Waals surface area (Å²) in [5, 5.41) is 18.8. The van der Waals surface area contributed by atoms with Crippen LogP contribution in [0.4, 0.5) is 0 Å². The Balaban J connectivity index is 0.000000716. The summed E-state index contributed by atoms with van der Waals surface area (Å²) in [5.41, 5.74) is 0. The molecule has 0 aliphatic heterocycles. The highest BCUT2D eigenvalue weighted by molar-refractivity contribution is 6.61. The van der Waals surface area contributed by atoms with Gasteiger partial charge in [-0.15, -0.1) is 0 Å². The van der Waals surface area contributed by atoms with Gasteiger partial charge in [-0.3, -0.25) is 0 Å². The van der Waals surface area contributed by atoms with Crippen molar-refractivity contribution in [1.29, 1.82) is 0 Å². The summed E-state index contributed by atoms with van der Waals surface area (Å²) < 4.78 is 39.3. The molecular weight excluding hydrogens is 629 g/mol. The van der Waals surface area contributed by atoms with Crippen LogP contribution in [-0.2, 0) is 49.2 Å². The standard InChI is InChI=1S/2C14H26NO3Si.C4H4O4/c2*1-4-16-19(17-5-2,18-6-3)14-10-13-15-11-8-7-9-12-15;5-3(6)1-2-4(7)8/h2*7-9,11-12H,4-6,10,13-14H2,1-3H3;1-2H,(H,5,6)(H,7,8)/q2*+1;/p-2. The van der Waals surface area contributed by atoms with Gasteiger partial charge in [0, 0.05) is 88.8 Å². The number of carbonyl (C=O) groups is 2. The second kappa shape index (κ2) is 27.3. The predicted molar refractivity (Wildman–Crippen MR) is 173 cm³/mol. The fourth-order valence-corrected chi connectivity index (χ4v) is 9.45. The largest absolute Gasteiger partial charge is 0.545 e. The second-order valence-corrected chi connectivity index (χ2v) is 14.8. The molecule has 14 heteroatoms. The van der Waals surface area contributed by atoms with E-state index in [1.807, 2.05) is 77.9 Å². The summed E-state index contributed by atoms with van der Waals surface area (Å²) in [6.45, 7) is 17.7. The van der Waals surface area contributed by atoms with E-state index < -0.39 is 29.5 Å². The van der Waals surface area contributed by atoms with Gasteiger partial charge >= 0.3 is 17.6 Å². The van der Waals surface area contributed by atoms with Crippen molar-refractivity contribution in [3.05, 3.63) is 73.3 Å². The van der Waals surface area contributed by atoms with Crippen molar-refractivity contribution in [2.45, 2.75) is 79.6 Å². The zero-order chi connectivity index (χ0) is 34.5. The Kier molecular flexibility index (Phi) is 25.6. The SMILES string of the molecule is CCO[Si](CCC[n+]1ccccc1)(OCC)OCC.CCO[Si](CCC[n+]1ccccc1)(OCC)OCC.O=C([O-])C=CC(=O)[O-]. The molecule has 0 bridgehead atoms. The van der Waals surface area contributed by atoms with Crippen LogP contribution in [0.3, 0.4) is 0 Å². The van der Waals surface area contributed by atoms with E-state index in [-0.39, 0.29) is 0 Å². The Labute approximate surface area is 277 Å². The third kappa shape index (κ3) is 21.1. The monoisotopic (exact) mass is 682 g/mol. The van der Waals surface area contributed by atoms with Crippen molar-refractivity contribution in [3.63, 3.8) is 0 Å². The van der Waals surface area contributed by atoms with Crippen LogP contribution < -0.4 is 19.3 Å². The first-order valence-electron chi connectivity index (χ1n) is 16.0. The van der Waals surface area contributed by atoms with Gasteiger partial charge in [0.25, 0.3) is 0 Å². The van der Waals surface area contributed by atoms with E-state index in [1.165, 1.54) is 0 Å². The maximum absolute atomic E-state index is 9.41. The molecule has 0 aromatic carbocycles. The van der Waals surface area contributed by atoms with E-state index in [2.05, 4.69) is 33.9 Å². The molecule has 46 heavy (non-hydrogen) atoms. The maximum atomic E-state index is 9.41. The number of nitrogens with zero attached hydrogens (tertiary/aromatic N) is 2. The van der Waals surface area contributed by atoms with Crippen molar-refractivity contribution in [3.8, 4) is 0 Å². The zero-order valence-corrected chi connectivity index (χ0v) is 30.4. The van der Waals surface area contributed by atoms with Crippen LogP contribution in [0.25, 0.3) is 0 Å². The van der Waals surface area contributed by atoms with Gasteiger partial charge in [0.1, 0.15) is 13.1 Å². The van der Waals surface area contributed by atoms with Gasteiger partial charge in [-0.05, 0) is 53.7 Å². The molecule has 0 N–H and O–H groups in total. The molecule has 260 valence electrons. The molecule has 0 aliphatic carbocycles. The molecule has 0 spiro atoms. The molecule has 0 fully saturated rings. The van der Waals surface area contributed by atoms with Crippen LogP contribution >= 0.6 is 0 Å². The first-order valence-corrected chi connectivity index (χ1v) is 19.8. The Morgan fingerprint density at radius 1 is 0.522 bits per heavy atom. The number of pyridine rings is 2. The van der Waals surface area contributed by atoms with E-state index in [4.69, 9.17) is 26.6 Å². The topological polar surface area (TPSA) is 143 Å². The molecule has 0 amide bonds. The molecule has 2 heterocycles. The van der Waals surface area contributed by atoms with Gasteiger partial charge in [-0.2, -0.15) is 0 Å². The number of aryl methyl sites for hydroxylation is 2. The first-order chi connectivity index (χ1) is 22.1.